The first-order chi connectivity index (χ1) is 14.0. The molecular formula is C22H33BN2O6. The van der Waals surface area contributed by atoms with E-state index in [9.17, 15) is 14.7 Å². The molecule has 1 aromatic rings. The molecule has 2 rings (SSSR count). The number of carbonyl (C=O) groups is 2. The number of nitrogen functional groups attached to an aromatic ring is 1. The van der Waals surface area contributed by atoms with E-state index in [0.717, 1.165) is 5.56 Å². The number of nitrogens with one attached hydrogen (secondary N) is 1. The number of aromatic carboxylic acids is 1. The van der Waals surface area contributed by atoms with E-state index in [1.165, 1.54) is 6.07 Å². The van der Waals surface area contributed by atoms with Crippen LogP contribution in [-0.4, -0.2) is 47.6 Å². The Hall–Kier alpha value is -2.52. The van der Waals surface area contributed by atoms with Crippen LogP contribution in [0, 0.1) is 6.92 Å². The molecular weight excluding hydrogens is 399 g/mol. The predicted molar refractivity (Wildman–Crippen MR) is 121 cm³/mol. The smallest absolute Gasteiger partial charge is 0.478 e. The topological polar surface area (TPSA) is 120 Å². The largest absolute Gasteiger partial charge is 0.492 e. The number of aryl methyl sites for hydroxylation is 1. The van der Waals surface area contributed by atoms with Crippen LogP contribution in [0.5, 0.6) is 0 Å². The molecule has 170 valence electrons. The summed E-state index contributed by atoms with van der Waals surface area (Å²) >= 11 is 0. The summed E-state index contributed by atoms with van der Waals surface area (Å²) in [6.45, 7) is 14.9. The lowest BCUT2D eigenvalue weighted by atomic mass is 9.76. The lowest BCUT2D eigenvalue weighted by Crippen LogP contribution is -2.41. The Kier molecular flexibility index (Phi) is 6.83. The fourth-order valence-electron chi connectivity index (χ4n) is 3.01. The normalized spacial score (nSPS) is 18.1. The maximum atomic E-state index is 12.2. The molecule has 0 radical (unpaired) electrons. The van der Waals surface area contributed by atoms with Crippen LogP contribution in [0.3, 0.4) is 0 Å². The van der Waals surface area contributed by atoms with Crippen molar-refractivity contribution in [2.75, 3.05) is 12.3 Å². The quantitative estimate of drug-likeness (QED) is 0.478. The van der Waals surface area contributed by atoms with Crippen molar-refractivity contribution in [3.05, 3.63) is 34.3 Å². The van der Waals surface area contributed by atoms with Crippen LogP contribution in [0.1, 0.15) is 70.0 Å². The highest BCUT2D eigenvalue weighted by Gasteiger charge is 2.52. The van der Waals surface area contributed by atoms with Gasteiger partial charge in [0.25, 0.3) is 0 Å². The molecule has 1 aromatic carbocycles. The Morgan fingerprint density at radius 1 is 1.19 bits per heavy atom. The van der Waals surface area contributed by atoms with Crippen molar-refractivity contribution in [1.82, 2.24) is 5.32 Å². The molecule has 0 saturated carbocycles. The zero-order valence-electron chi connectivity index (χ0n) is 19.6. The molecule has 0 spiro atoms. The molecule has 1 amide bonds. The molecule has 1 fully saturated rings. The van der Waals surface area contributed by atoms with E-state index in [4.69, 9.17) is 19.8 Å². The molecule has 0 atom stereocenters. The molecule has 0 aromatic heterocycles. The average molecular weight is 432 g/mol. The first-order valence-corrected chi connectivity index (χ1v) is 10.2. The van der Waals surface area contributed by atoms with Gasteiger partial charge >= 0.3 is 19.2 Å². The highest BCUT2D eigenvalue weighted by atomic mass is 16.7. The van der Waals surface area contributed by atoms with E-state index < -0.39 is 36.0 Å². The first-order valence-electron chi connectivity index (χ1n) is 10.2. The van der Waals surface area contributed by atoms with Gasteiger partial charge in [0.1, 0.15) is 5.60 Å². The SMILES string of the molecule is Cc1cc(C=C(CNC(=O)OC(C)(C)C)B2OC(C)(C)C(C)(C)O2)c(N)c(C(=O)O)c1. The molecule has 4 N–H and O–H groups in total. The second kappa shape index (κ2) is 8.55. The van der Waals surface area contributed by atoms with Gasteiger partial charge in [0.05, 0.1) is 22.5 Å². The van der Waals surface area contributed by atoms with Gasteiger partial charge in [-0.1, -0.05) is 6.08 Å². The van der Waals surface area contributed by atoms with Crippen molar-refractivity contribution in [2.24, 2.45) is 0 Å². The molecule has 1 aliphatic heterocycles. The van der Waals surface area contributed by atoms with Crippen LogP contribution in [0.4, 0.5) is 10.5 Å². The van der Waals surface area contributed by atoms with E-state index in [1.807, 2.05) is 27.7 Å². The lowest BCUT2D eigenvalue weighted by molar-refractivity contribution is 0.00578. The van der Waals surface area contributed by atoms with Gasteiger partial charge in [0.15, 0.2) is 0 Å². The minimum Gasteiger partial charge on any atom is -0.478 e. The molecule has 8 nitrogen and oxygen atoms in total. The van der Waals surface area contributed by atoms with Crippen molar-refractivity contribution < 1.29 is 28.7 Å². The number of nitrogens with two attached hydrogens (primary N) is 1. The average Bonchev–Trinajstić information content (AvgIpc) is 2.79. The van der Waals surface area contributed by atoms with Gasteiger partial charge in [-0.25, -0.2) is 9.59 Å². The third-order valence-electron chi connectivity index (χ3n) is 5.32. The number of carboxylic acids is 1. The van der Waals surface area contributed by atoms with E-state index >= 15 is 0 Å². The number of anilines is 1. The predicted octanol–water partition coefficient (Wildman–Crippen LogP) is 3.81. The summed E-state index contributed by atoms with van der Waals surface area (Å²) in [5.41, 5.74) is 6.28. The molecule has 1 heterocycles. The number of carboxylic acid groups (broad SMARTS) is 1. The minimum absolute atomic E-state index is 0.0135. The molecule has 1 aliphatic rings. The van der Waals surface area contributed by atoms with Crippen LogP contribution < -0.4 is 11.1 Å². The van der Waals surface area contributed by atoms with Crippen molar-refractivity contribution in [3.63, 3.8) is 0 Å². The molecule has 0 bridgehead atoms. The Bertz CT molecular complexity index is 886. The Labute approximate surface area is 184 Å². The number of alkyl carbamates (subject to hydrolysis) is 1. The highest BCUT2D eigenvalue weighted by Crippen LogP contribution is 2.39. The molecule has 9 heteroatoms. The second-order valence-electron chi connectivity index (χ2n) is 9.78. The summed E-state index contributed by atoms with van der Waals surface area (Å²) in [7, 11) is -0.756. The summed E-state index contributed by atoms with van der Waals surface area (Å²) in [5.74, 6) is -1.11. The summed E-state index contributed by atoms with van der Waals surface area (Å²) in [4.78, 5) is 23.8. The summed E-state index contributed by atoms with van der Waals surface area (Å²) in [6, 6.07) is 3.29. The minimum atomic E-state index is -1.11. The zero-order chi connectivity index (χ0) is 23.8. The molecule has 1 saturated heterocycles. The Morgan fingerprint density at radius 2 is 1.74 bits per heavy atom. The van der Waals surface area contributed by atoms with Gasteiger partial charge < -0.3 is 30.2 Å². The third-order valence-corrected chi connectivity index (χ3v) is 5.32. The van der Waals surface area contributed by atoms with Gasteiger partial charge in [-0.3, -0.25) is 0 Å². The van der Waals surface area contributed by atoms with Gasteiger partial charge in [0.2, 0.25) is 0 Å². The number of amides is 1. The first kappa shape index (κ1) is 24.8. The van der Waals surface area contributed by atoms with Crippen LogP contribution in [0.25, 0.3) is 6.08 Å². The molecule has 0 aliphatic carbocycles. The van der Waals surface area contributed by atoms with Crippen molar-refractivity contribution in [3.8, 4) is 0 Å². The van der Waals surface area contributed by atoms with E-state index in [-0.39, 0.29) is 17.8 Å². The standard InChI is InChI=1S/C22H33BN2O6/c1-13-9-14(17(24)16(10-13)18(26)27)11-15(12-25-19(28)29-20(2,3)4)23-30-21(5,6)22(7,8)31-23/h9-11H,12,24H2,1-8H3,(H,25,28)(H,26,27). The number of carbonyl (C=O) groups excluding carboxylic acids is 1. The van der Waals surface area contributed by atoms with Crippen LogP contribution in [0.15, 0.2) is 17.6 Å². The number of rotatable bonds is 5. The third kappa shape index (κ3) is 6.01. The van der Waals surface area contributed by atoms with Gasteiger partial charge in [-0.15, -0.1) is 0 Å². The lowest BCUT2D eigenvalue weighted by Gasteiger charge is -2.32. The fraction of sp³-hybridized carbons (Fsp3) is 0.545. The maximum Gasteiger partial charge on any atom is 0.492 e. The Morgan fingerprint density at radius 3 is 2.23 bits per heavy atom. The summed E-state index contributed by atoms with van der Waals surface area (Å²) < 4.78 is 17.6. The van der Waals surface area contributed by atoms with E-state index in [2.05, 4.69) is 5.32 Å². The highest BCUT2D eigenvalue weighted by molar-refractivity contribution is 6.56. The number of benzene rings is 1. The van der Waals surface area contributed by atoms with Crippen molar-refractivity contribution in [1.29, 1.82) is 0 Å². The number of hydrogen-bond acceptors (Lipinski definition) is 6. The van der Waals surface area contributed by atoms with E-state index in [1.54, 1.807) is 39.8 Å². The number of hydrogen-bond donors (Lipinski definition) is 3. The Balaban J connectivity index is 2.44. The van der Waals surface area contributed by atoms with Crippen LogP contribution >= 0.6 is 0 Å². The van der Waals surface area contributed by atoms with Crippen LogP contribution in [0.2, 0.25) is 0 Å². The summed E-state index contributed by atoms with van der Waals surface area (Å²) in [6.07, 6.45) is 1.12. The monoisotopic (exact) mass is 432 g/mol. The maximum absolute atomic E-state index is 12.2. The van der Waals surface area contributed by atoms with Gasteiger partial charge in [-0.2, -0.15) is 0 Å². The van der Waals surface area contributed by atoms with Crippen molar-refractivity contribution in [2.45, 2.75) is 72.2 Å². The molecule has 31 heavy (non-hydrogen) atoms. The number of ether oxygens (including phenoxy) is 1. The van der Waals surface area contributed by atoms with Gasteiger partial charge in [0, 0.05) is 6.54 Å². The summed E-state index contributed by atoms with van der Waals surface area (Å²) in [5, 5.41) is 12.2. The second-order valence-corrected chi connectivity index (χ2v) is 9.78. The van der Waals surface area contributed by atoms with Crippen molar-refractivity contribution >= 4 is 30.9 Å². The van der Waals surface area contributed by atoms with E-state index in [0.29, 0.717) is 11.0 Å². The van der Waals surface area contributed by atoms with Crippen LogP contribution in [-0.2, 0) is 14.0 Å². The van der Waals surface area contributed by atoms with Gasteiger partial charge in [-0.05, 0) is 84.1 Å². The molecule has 0 unspecified atom stereocenters. The zero-order valence-corrected chi connectivity index (χ0v) is 19.6. The fourth-order valence-corrected chi connectivity index (χ4v) is 3.01.